The lowest BCUT2D eigenvalue weighted by molar-refractivity contribution is 0.628. The van der Waals surface area contributed by atoms with Crippen molar-refractivity contribution in [2.24, 2.45) is 0 Å². The summed E-state index contributed by atoms with van der Waals surface area (Å²) in [7, 11) is 0. The Hall–Kier alpha value is -3.97. The molecule has 0 amide bonds. The topological polar surface area (TPSA) is 60.9 Å². The minimum absolute atomic E-state index is 0.267. The Morgan fingerprint density at radius 1 is 0.829 bits per heavy atom. The summed E-state index contributed by atoms with van der Waals surface area (Å²) in [6.45, 7) is 3.36. The maximum atomic E-state index is 13.4. The smallest absolute Gasteiger partial charge is 0.140 e. The number of hydrogen-bond acceptors (Lipinski definition) is 5. The molecule has 1 aliphatic heterocycles. The summed E-state index contributed by atoms with van der Waals surface area (Å²) >= 11 is 6.42. The number of aromatic amines is 1. The molecule has 1 saturated heterocycles. The number of halogens is 2. The van der Waals surface area contributed by atoms with Crippen molar-refractivity contribution in [3.63, 3.8) is 0 Å². The predicted molar refractivity (Wildman–Crippen MR) is 138 cm³/mol. The number of para-hydroxylation sites is 1. The van der Waals surface area contributed by atoms with E-state index in [9.17, 15) is 4.39 Å². The zero-order valence-corrected chi connectivity index (χ0v) is 19.6. The molecule has 6 nitrogen and oxygen atoms in total. The monoisotopic (exact) mass is 484 g/mol. The molecule has 2 aromatic heterocycles. The first-order valence-electron chi connectivity index (χ1n) is 11.5. The van der Waals surface area contributed by atoms with E-state index in [1.54, 1.807) is 24.7 Å². The molecule has 3 aromatic carbocycles. The van der Waals surface area contributed by atoms with Crippen LogP contribution in [0.1, 0.15) is 0 Å². The van der Waals surface area contributed by atoms with E-state index in [1.807, 2.05) is 30.3 Å². The summed E-state index contributed by atoms with van der Waals surface area (Å²) in [6, 6.07) is 20.5. The van der Waals surface area contributed by atoms with Crippen LogP contribution >= 0.6 is 11.6 Å². The zero-order valence-electron chi connectivity index (χ0n) is 18.8. The van der Waals surface area contributed by atoms with Crippen LogP contribution < -0.4 is 9.80 Å². The first-order chi connectivity index (χ1) is 17.2. The molecule has 0 saturated carbocycles. The second kappa shape index (κ2) is 9.00. The molecular weight excluding hydrogens is 463 g/mol. The Morgan fingerprint density at radius 3 is 2.37 bits per heavy atom. The maximum Gasteiger partial charge on any atom is 0.140 e. The van der Waals surface area contributed by atoms with Gasteiger partial charge in [0, 0.05) is 42.7 Å². The van der Waals surface area contributed by atoms with Crippen LogP contribution in [0.5, 0.6) is 0 Å². The first-order valence-corrected chi connectivity index (χ1v) is 11.8. The minimum atomic E-state index is -0.267. The molecule has 1 aliphatic rings. The second-order valence-corrected chi connectivity index (χ2v) is 8.93. The molecule has 1 N–H and O–H groups in total. The van der Waals surface area contributed by atoms with Gasteiger partial charge in [0.15, 0.2) is 0 Å². The van der Waals surface area contributed by atoms with Gasteiger partial charge in [0.05, 0.1) is 28.1 Å². The van der Waals surface area contributed by atoms with Gasteiger partial charge in [-0.25, -0.2) is 14.4 Å². The van der Waals surface area contributed by atoms with E-state index in [0.29, 0.717) is 0 Å². The van der Waals surface area contributed by atoms with Crippen molar-refractivity contribution in [2.75, 3.05) is 36.0 Å². The quantitative estimate of drug-likeness (QED) is 0.349. The van der Waals surface area contributed by atoms with Crippen LogP contribution in [0.4, 0.5) is 15.9 Å². The lowest BCUT2D eigenvalue weighted by Gasteiger charge is -2.37. The van der Waals surface area contributed by atoms with Crippen LogP contribution in [0.15, 0.2) is 79.3 Å². The molecule has 174 valence electrons. The van der Waals surface area contributed by atoms with E-state index in [0.717, 1.165) is 76.0 Å². The van der Waals surface area contributed by atoms with Crippen LogP contribution in [-0.4, -0.2) is 46.3 Å². The standard InChI is InChI=1S/C27H22ClFN6/c28-23-3-1-2-4-25(23)34-11-13-35(14-12-34)27-21-15-19(7-10-24(21)30-17-31-27)22-16-32-33-26(22)18-5-8-20(29)9-6-18/h1-10,15-17H,11-14H2,(H,32,33). The minimum Gasteiger partial charge on any atom is -0.367 e. The van der Waals surface area contributed by atoms with E-state index in [1.165, 1.54) is 12.1 Å². The second-order valence-electron chi connectivity index (χ2n) is 8.52. The van der Waals surface area contributed by atoms with Gasteiger partial charge in [0.1, 0.15) is 18.0 Å². The summed E-state index contributed by atoms with van der Waals surface area (Å²) < 4.78 is 13.4. The Balaban J connectivity index is 1.32. The fourth-order valence-corrected chi connectivity index (χ4v) is 4.93. The Labute approximate surface area is 207 Å². The normalized spacial score (nSPS) is 14.0. The van der Waals surface area contributed by atoms with Gasteiger partial charge in [-0.1, -0.05) is 29.8 Å². The van der Waals surface area contributed by atoms with Crippen molar-refractivity contribution in [3.8, 4) is 22.4 Å². The highest BCUT2D eigenvalue weighted by Crippen LogP contribution is 2.34. The number of piperazine rings is 1. The summed E-state index contributed by atoms with van der Waals surface area (Å²) in [6.07, 6.45) is 3.42. The molecule has 0 unspecified atom stereocenters. The highest BCUT2D eigenvalue weighted by Gasteiger charge is 2.22. The third-order valence-corrected chi connectivity index (χ3v) is 6.79. The summed E-state index contributed by atoms with van der Waals surface area (Å²) in [5, 5.41) is 9.08. The molecule has 1 fully saturated rings. The highest BCUT2D eigenvalue weighted by atomic mass is 35.5. The van der Waals surface area contributed by atoms with Gasteiger partial charge < -0.3 is 9.80 Å². The molecule has 6 rings (SSSR count). The molecule has 0 atom stereocenters. The van der Waals surface area contributed by atoms with Gasteiger partial charge in [0.2, 0.25) is 0 Å². The molecule has 8 heteroatoms. The van der Waals surface area contributed by atoms with E-state index in [4.69, 9.17) is 11.6 Å². The van der Waals surface area contributed by atoms with Gasteiger partial charge in [-0.05, 0) is 54.1 Å². The number of aromatic nitrogens is 4. The summed E-state index contributed by atoms with van der Waals surface area (Å²) in [5.41, 5.74) is 5.61. The van der Waals surface area contributed by atoms with Crippen molar-refractivity contribution in [3.05, 3.63) is 90.1 Å². The van der Waals surface area contributed by atoms with Crippen molar-refractivity contribution < 1.29 is 4.39 Å². The van der Waals surface area contributed by atoms with Crippen LogP contribution in [0.2, 0.25) is 5.02 Å². The lowest BCUT2D eigenvalue weighted by atomic mass is 10.00. The van der Waals surface area contributed by atoms with Crippen LogP contribution in [0, 0.1) is 5.82 Å². The van der Waals surface area contributed by atoms with Crippen LogP contribution in [0.25, 0.3) is 33.3 Å². The highest BCUT2D eigenvalue weighted by molar-refractivity contribution is 6.33. The SMILES string of the molecule is Fc1ccc(-c2[nH]ncc2-c2ccc3ncnc(N4CCN(c5ccccc5Cl)CC4)c3c2)cc1. The van der Waals surface area contributed by atoms with Crippen molar-refractivity contribution in [1.29, 1.82) is 0 Å². The average Bonchev–Trinajstić information content (AvgIpc) is 3.39. The molecule has 0 radical (unpaired) electrons. The van der Waals surface area contributed by atoms with E-state index >= 15 is 0 Å². The van der Waals surface area contributed by atoms with Crippen molar-refractivity contribution in [2.45, 2.75) is 0 Å². The summed E-state index contributed by atoms with van der Waals surface area (Å²) in [5.74, 6) is 0.652. The average molecular weight is 485 g/mol. The molecule has 3 heterocycles. The fraction of sp³-hybridized carbons (Fsp3) is 0.148. The molecular formula is C27H22ClFN6. The number of nitrogens with one attached hydrogen (secondary N) is 1. The number of rotatable bonds is 4. The van der Waals surface area contributed by atoms with Gasteiger partial charge in [0.25, 0.3) is 0 Å². The molecule has 0 aliphatic carbocycles. The largest absolute Gasteiger partial charge is 0.367 e. The Bertz CT molecular complexity index is 1490. The number of nitrogens with zero attached hydrogens (tertiary/aromatic N) is 5. The van der Waals surface area contributed by atoms with Crippen molar-refractivity contribution >= 4 is 34.0 Å². The number of fused-ring (bicyclic) bond motifs is 1. The van der Waals surface area contributed by atoms with Gasteiger partial charge in [-0.15, -0.1) is 0 Å². The number of anilines is 2. The van der Waals surface area contributed by atoms with Crippen molar-refractivity contribution in [1.82, 2.24) is 20.2 Å². The van der Waals surface area contributed by atoms with E-state index < -0.39 is 0 Å². The predicted octanol–water partition coefficient (Wildman–Crippen LogP) is 5.81. The van der Waals surface area contributed by atoms with Gasteiger partial charge >= 0.3 is 0 Å². The number of hydrogen-bond donors (Lipinski definition) is 1. The summed E-state index contributed by atoms with van der Waals surface area (Å²) in [4.78, 5) is 13.8. The van der Waals surface area contributed by atoms with Crippen LogP contribution in [0.3, 0.4) is 0 Å². The van der Waals surface area contributed by atoms with Gasteiger partial charge in [-0.3, -0.25) is 5.10 Å². The molecule has 0 bridgehead atoms. The third kappa shape index (κ3) is 4.08. The Kier molecular flexibility index (Phi) is 5.54. The third-order valence-electron chi connectivity index (χ3n) is 6.47. The fourth-order valence-electron chi connectivity index (χ4n) is 4.67. The number of H-pyrrole nitrogens is 1. The first kappa shape index (κ1) is 21.6. The maximum absolute atomic E-state index is 13.4. The molecule has 0 spiro atoms. The van der Waals surface area contributed by atoms with Crippen LogP contribution in [-0.2, 0) is 0 Å². The van der Waals surface area contributed by atoms with E-state index in [-0.39, 0.29) is 5.82 Å². The number of benzene rings is 3. The molecule has 35 heavy (non-hydrogen) atoms. The van der Waals surface area contributed by atoms with Gasteiger partial charge in [-0.2, -0.15) is 5.10 Å². The molecule has 5 aromatic rings. The van der Waals surface area contributed by atoms with E-state index in [2.05, 4.69) is 42.1 Å². The Morgan fingerprint density at radius 2 is 1.57 bits per heavy atom. The zero-order chi connectivity index (χ0) is 23.8. The lowest BCUT2D eigenvalue weighted by Crippen LogP contribution is -2.47.